The lowest BCUT2D eigenvalue weighted by molar-refractivity contribution is -0.163. The van der Waals surface area contributed by atoms with Gasteiger partial charge in [0.1, 0.15) is 0 Å². The van der Waals surface area contributed by atoms with Crippen LogP contribution in [0.15, 0.2) is 0 Å². The molecule has 1 N–H and O–H groups in total. The normalized spacial score (nSPS) is 36.0. The molecular formula is C6H10O3. The first-order valence-corrected chi connectivity index (χ1v) is 3.06. The summed E-state index contributed by atoms with van der Waals surface area (Å²) in [6, 6.07) is 0. The third-order valence-corrected chi connectivity index (χ3v) is 1.60. The zero-order chi connectivity index (χ0) is 6.85. The van der Waals surface area contributed by atoms with E-state index in [-0.39, 0.29) is 5.92 Å². The molecule has 0 unspecified atom stereocenters. The quantitative estimate of drug-likeness (QED) is 0.467. The Morgan fingerprint density at radius 2 is 2.44 bits per heavy atom. The second kappa shape index (κ2) is 2.35. The number of rotatable bonds is 0. The van der Waals surface area contributed by atoms with Crippen molar-refractivity contribution in [3.8, 4) is 0 Å². The molecule has 0 saturated carbocycles. The summed E-state index contributed by atoms with van der Waals surface area (Å²) in [4.78, 5) is 10.5. The first-order chi connectivity index (χ1) is 4.22. The van der Waals surface area contributed by atoms with E-state index >= 15 is 0 Å². The third kappa shape index (κ3) is 1.21. The molecule has 1 rings (SSSR count). The monoisotopic (exact) mass is 130 g/mol. The Kier molecular flexibility index (Phi) is 1.71. The fourth-order valence-corrected chi connectivity index (χ4v) is 0.821. The topological polar surface area (TPSA) is 46.5 Å². The molecule has 3 nitrogen and oxygen atoms in total. The number of hydrogen-bond donors (Lipinski definition) is 1. The number of hydrogen-bond acceptors (Lipinski definition) is 3. The highest BCUT2D eigenvalue weighted by molar-refractivity contribution is 5.75. The minimum Gasteiger partial charge on any atom is -0.464 e. The van der Waals surface area contributed by atoms with Gasteiger partial charge in [0.05, 0.1) is 6.61 Å². The predicted octanol–water partition coefficient (Wildman–Crippen LogP) is -0.0697. The average Bonchev–Trinajstić information content (AvgIpc) is 1.83. The van der Waals surface area contributed by atoms with Crippen LogP contribution in [0.4, 0.5) is 0 Å². The summed E-state index contributed by atoms with van der Waals surface area (Å²) in [5.74, 6) is -0.417. The zero-order valence-electron chi connectivity index (χ0n) is 5.33. The number of cyclic esters (lactones) is 1. The first-order valence-electron chi connectivity index (χ1n) is 3.06. The molecule has 0 aromatic carbocycles. The SMILES string of the molecule is C[C@H]1CCOC(=O)[C@H]1O. The summed E-state index contributed by atoms with van der Waals surface area (Å²) in [5, 5.41) is 8.97. The largest absolute Gasteiger partial charge is 0.464 e. The van der Waals surface area contributed by atoms with Crippen molar-refractivity contribution >= 4 is 5.97 Å². The summed E-state index contributed by atoms with van der Waals surface area (Å²) < 4.78 is 4.57. The molecule has 1 aliphatic rings. The van der Waals surface area contributed by atoms with Gasteiger partial charge in [0.15, 0.2) is 6.10 Å². The summed E-state index contributed by atoms with van der Waals surface area (Å²) in [5.41, 5.74) is 0. The number of carbonyl (C=O) groups is 1. The van der Waals surface area contributed by atoms with Crippen molar-refractivity contribution < 1.29 is 14.6 Å². The molecule has 0 aliphatic carbocycles. The lowest BCUT2D eigenvalue weighted by atomic mass is 10.00. The van der Waals surface area contributed by atoms with Crippen molar-refractivity contribution in [2.24, 2.45) is 5.92 Å². The number of aliphatic hydroxyl groups excluding tert-OH is 1. The fraction of sp³-hybridized carbons (Fsp3) is 0.833. The van der Waals surface area contributed by atoms with E-state index in [4.69, 9.17) is 5.11 Å². The molecule has 9 heavy (non-hydrogen) atoms. The Morgan fingerprint density at radius 1 is 1.78 bits per heavy atom. The van der Waals surface area contributed by atoms with E-state index in [9.17, 15) is 4.79 Å². The van der Waals surface area contributed by atoms with Crippen LogP contribution in [0.25, 0.3) is 0 Å². The molecule has 52 valence electrons. The maximum atomic E-state index is 10.5. The van der Waals surface area contributed by atoms with Gasteiger partial charge >= 0.3 is 5.97 Å². The molecule has 0 aromatic rings. The van der Waals surface area contributed by atoms with E-state index in [1.807, 2.05) is 6.92 Å². The zero-order valence-corrected chi connectivity index (χ0v) is 5.33. The first kappa shape index (κ1) is 6.55. The van der Waals surface area contributed by atoms with Gasteiger partial charge in [0.25, 0.3) is 0 Å². The molecule has 0 spiro atoms. The summed E-state index contributed by atoms with van der Waals surface area (Å²) in [6.45, 7) is 2.29. The highest BCUT2D eigenvalue weighted by Gasteiger charge is 2.27. The second-order valence-corrected chi connectivity index (χ2v) is 2.38. The molecule has 0 amide bonds. The fourth-order valence-electron chi connectivity index (χ4n) is 0.821. The van der Waals surface area contributed by atoms with Gasteiger partial charge in [-0.2, -0.15) is 0 Å². The van der Waals surface area contributed by atoms with E-state index in [2.05, 4.69) is 4.74 Å². The van der Waals surface area contributed by atoms with Gasteiger partial charge in [0, 0.05) is 0 Å². The van der Waals surface area contributed by atoms with Crippen LogP contribution in [-0.2, 0) is 9.53 Å². The van der Waals surface area contributed by atoms with Gasteiger partial charge in [-0.15, -0.1) is 0 Å². The van der Waals surface area contributed by atoms with E-state index in [0.29, 0.717) is 6.61 Å². The van der Waals surface area contributed by atoms with Crippen LogP contribution in [0.2, 0.25) is 0 Å². The minimum atomic E-state index is -0.890. The van der Waals surface area contributed by atoms with Crippen LogP contribution >= 0.6 is 0 Å². The Balaban J connectivity index is 2.51. The van der Waals surface area contributed by atoms with Crippen molar-refractivity contribution in [1.82, 2.24) is 0 Å². The second-order valence-electron chi connectivity index (χ2n) is 2.38. The van der Waals surface area contributed by atoms with Crippen LogP contribution in [0.1, 0.15) is 13.3 Å². The molecule has 1 fully saturated rings. The molecule has 2 atom stereocenters. The number of ether oxygens (including phenoxy) is 1. The van der Waals surface area contributed by atoms with Gasteiger partial charge in [-0.25, -0.2) is 4.79 Å². The molecule has 0 bridgehead atoms. The van der Waals surface area contributed by atoms with Crippen LogP contribution in [0.5, 0.6) is 0 Å². The molecule has 1 saturated heterocycles. The molecular weight excluding hydrogens is 120 g/mol. The van der Waals surface area contributed by atoms with Gasteiger partial charge in [-0.1, -0.05) is 6.92 Å². The Labute approximate surface area is 53.6 Å². The van der Waals surface area contributed by atoms with Crippen LogP contribution in [0.3, 0.4) is 0 Å². The number of carbonyl (C=O) groups excluding carboxylic acids is 1. The lowest BCUT2D eigenvalue weighted by Gasteiger charge is -2.22. The summed E-state index contributed by atoms with van der Waals surface area (Å²) in [7, 11) is 0. The van der Waals surface area contributed by atoms with E-state index in [1.54, 1.807) is 0 Å². The third-order valence-electron chi connectivity index (χ3n) is 1.60. The maximum absolute atomic E-state index is 10.5. The average molecular weight is 130 g/mol. The van der Waals surface area contributed by atoms with Crippen LogP contribution in [-0.4, -0.2) is 23.8 Å². The minimum absolute atomic E-state index is 0.0613. The molecule has 3 heteroatoms. The Morgan fingerprint density at radius 3 is 2.89 bits per heavy atom. The number of esters is 1. The Hall–Kier alpha value is -0.570. The smallest absolute Gasteiger partial charge is 0.335 e. The summed E-state index contributed by atoms with van der Waals surface area (Å²) in [6.07, 6.45) is -0.119. The highest BCUT2D eigenvalue weighted by Crippen LogP contribution is 2.14. The van der Waals surface area contributed by atoms with E-state index in [0.717, 1.165) is 6.42 Å². The van der Waals surface area contributed by atoms with Gasteiger partial charge < -0.3 is 9.84 Å². The maximum Gasteiger partial charge on any atom is 0.335 e. The van der Waals surface area contributed by atoms with Crippen LogP contribution in [0, 0.1) is 5.92 Å². The van der Waals surface area contributed by atoms with E-state index < -0.39 is 12.1 Å². The van der Waals surface area contributed by atoms with Crippen molar-refractivity contribution in [3.05, 3.63) is 0 Å². The van der Waals surface area contributed by atoms with Gasteiger partial charge in [0.2, 0.25) is 0 Å². The van der Waals surface area contributed by atoms with Crippen molar-refractivity contribution in [2.75, 3.05) is 6.61 Å². The molecule has 0 aromatic heterocycles. The summed E-state index contributed by atoms with van der Waals surface area (Å²) >= 11 is 0. The Bertz CT molecular complexity index is 121. The van der Waals surface area contributed by atoms with Gasteiger partial charge in [-0.05, 0) is 12.3 Å². The van der Waals surface area contributed by atoms with Crippen molar-refractivity contribution in [3.63, 3.8) is 0 Å². The van der Waals surface area contributed by atoms with Crippen molar-refractivity contribution in [1.29, 1.82) is 0 Å². The van der Waals surface area contributed by atoms with Crippen LogP contribution < -0.4 is 0 Å². The lowest BCUT2D eigenvalue weighted by Crippen LogP contribution is -2.35. The molecule has 1 heterocycles. The van der Waals surface area contributed by atoms with E-state index in [1.165, 1.54) is 0 Å². The standard InChI is InChI=1S/C6H10O3/c1-4-2-3-9-6(8)5(4)7/h4-5,7H,2-3H2,1H3/t4-,5-/m0/s1. The molecule has 1 aliphatic heterocycles. The number of aliphatic hydroxyl groups is 1. The van der Waals surface area contributed by atoms with Gasteiger partial charge in [-0.3, -0.25) is 0 Å². The molecule has 0 radical (unpaired) electrons. The predicted molar refractivity (Wildman–Crippen MR) is 30.7 cm³/mol. The highest BCUT2D eigenvalue weighted by atomic mass is 16.5. The van der Waals surface area contributed by atoms with Crippen molar-refractivity contribution in [2.45, 2.75) is 19.4 Å².